The number of thiophene rings is 1. The molecule has 1 fully saturated rings. The van der Waals surface area contributed by atoms with Crippen molar-refractivity contribution in [3.63, 3.8) is 0 Å². The number of piperidine rings is 1. The Labute approximate surface area is 195 Å². The maximum atomic E-state index is 13.8. The van der Waals surface area contributed by atoms with Gasteiger partial charge in [0.25, 0.3) is 10.0 Å². The number of sulfonamides is 1. The molecule has 3 heterocycles. The number of rotatable bonds is 7. The molecular formula is C21H25FN4O3S3. The molecule has 7 nitrogen and oxygen atoms in total. The van der Waals surface area contributed by atoms with Crippen LogP contribution in [0.1, 0.15) is 19.3 Å². The molecule has 0 saturated carbocycles. The predicted molar refractivity (Wildman–Crippen MR) is 126 cm³/mol. The van der Waals surface area contributed by atoms with Gasteiger partial charge in [-0.1, -0.05) is 23.8 Å². The summed E-state index contributed by atoms with van der Waals surface area (Å²) in [6.45, 7) is 1.25. The van der Waals surface area contributed by atoms with Gasteiger partial charge in [-0.25, -0.2) is 17.8 Å². The second-order valence-electron chi connectivity index (χ2n) is 7.96. The highest BCUT2D eigenvalue weighted by Gasteiger charge is 2.40. The highest BCUT2D eigenvalue weighted by molar-refractivity contribution is 7.91. The van der Waals surface area contributed by atoms with E-state index in [0.29, 0.717) is 47.8 Å². The van der Waals surface area contributed by atoms with E-state index in [0.717, 1.165) is 17.8 Å². The zero-order valence-corrected chi connectivity index (χ0v) is 20.3. The first-order valence-electron chi connectivity index (χ1n) is 10.3. The maximum absolute atomic E-state index is 13.8. The Morgan fingerprint density at radius 3 is 2.78 bits per heavy atom. The molecule has 11 heteroatoms. The second kappa shape index (κ2) is 9.52. The van der Waals surface area contributed by atoms with E-state index in [-0.39, 0.29) is 15.9 Å². The van der Waals surface area contributed by atoms with Gasteiger partial charge in [-0.05, 0) is 56.6 Å². The first kappa shape index (κ1) is 23.2. The third-order valence-corrected chi connectivity index (χ3v) is 9.73. The van der Waals surface area contributed by atoms with E-state index >= 15 is 0 Å². The number of benzene rings is 1. The number of hydrogen-bond acceptors (Lipinski definition) is 7. The van der Waals surface area contributed by atoms with Crippen LogP contribution < -0.4 is 4.90 Å². The number of nitrogens with zero attached hydrogens (tertiary/aromatic N) is 4. The van der Waals surface area contributed by atoms with Crippen molar-refractivity contribution in [3.05, 3.63) is 41.5 Å². The number of carbonyl (C=O) groups is 1. The van der Waals surface area contributed by atoms with Gasteiger partial charge in [-0.2, -0.15) is 4.31 Å². The number of anilines is 1. The van der Waals surface area contributed by atoms with Gasteiger partial charge in [0.1, 0.15) is 16.1 Å². The lowest BCUT2D eigenvalue weighted by atomic mass is 10.0. The summed E-state index contributed by atoms with van der Waals surface area (Å²) in [4.78, 5) is 21.9. The summed E-state index contributed by atoms with van der Waals surface area (Å²) in [7, 11) is 0.0518. The van der Waals surface area contributed by atoms with Crippen LogP contribution in [0.5, 0.6) is 0 Å². The minimum atomic E-state index is -3.76. The molecule has 4 rings (SSSR count). The Kier molecular flexibility index (Phi) is 6.91. The van der Waals surface area contributed by atoms with Crippen molar-refractivity contribution < 1.29 is 17.6 Å². The Balaban J connectivity index is 1.69. The highest BCUT2D eigenvalue weighted by Crippen LogP contribution is 2.33. The first-order chi connectivity index (χ1) is 15.3. The number of fused-ring (bicyclic) bond motifs is 1. The van der Waals surface area contributed by atoms with Crippen LogP contribution in [0, 0.1) is 5.82 Å². The average Bonchev–Trinajstić information content (AvgIpc) is 3.44. The van der Waals surface area contributed by atoms with E-state index in [1.807, 2.05) is 19.0 Å². The highest BCUT2D eigenvalue weighted by atomic mass is 32.2. The second-order valence-corrected chi connectivity index (χ2v) is 12.0. The first-order valence-corrected chi connectivity index (χ1v) is 13.5. The number of likely N-dealkylation sites (N-methyl/N-ethyl adjacent to an activating group) is 1. The van der Waals surface area contributed by atoms with E-state index in [1.54, 1.807) is 28.5 Å². The Morgan fingerprint density at radius 1 is 1.25 bits per heavy atom. The lowest BCUT2D eigenvalue weighted by Gasteiger charge is -2.36. The molecule has 0 radical (unpaired) electrons. The Bertz CT molecular complexity index is 1190. The third kappa shape index (κ3) is 4.72. The summed E-state index contributed by atoms with van der Waals surface area (Å²) in [6, 6.07) is 6.81. The lowest BCUT2D eigenvalue weighted by molar-refractivity contribution is -0.123. The zero-order valence-electron chi connectivity index (χ0n) is 17.9. The van der Waals surface area contributed by atoms with Crippen molar-refractivity contribution in [2.24, 2.45) is 0 Å². The zero-order chi connectivity index (χ0) is 22.9. The standard InChI is InChI=1S/C21H25FN4O3S3/c1-24(2)11-12-25(21-23-16-9-8-15(22)14-18(16)31-21)20(27)17-6-3-4-10-26(17)32(28,29)19-7-5-13-30-19/h5,7-9,13-14,17H,3-4,6,10-12H2,1-2H3. The molecule has 172 valence electrons. The van der Waals surface area contributed by atoms with Gasteiger partial charge >= 0.3 is 0 Å². The quantitative estimate of drug-likeness (QED) is 0.499. The molecule has 1 unspecified atom stereocenters. The largest absolute Gasteiger partial charge is 0.308 e. The molecule has 2 aromatic heterocycles. The molecule has 1 amide bonds. The van der Waals surface area contributed by atoms with Gasteiger partial charge in [-0.15, -0.1) is 11.3 Å². The van der Waals surface area contributed by atoms with Gasteiger partial charge in [-0.3, -0.25) is 9.69 Å². The van der Waals surface area contributed by atoms with Gasteiger partial charge in [0.05, 0.1) is 10.2 Å². The van der Waals surface area contributed by atoms with Crippen LogP contribution in [0.2, 0.25) is 0 Å². The van der Waals surface area contributed by atoms with Crippen LogP contribution in [0.15, 0.2) is 39.9 Å². The maximum Gasteiger partial charge on any atom is 0.253 e. The van der Waals surface area contributed by atoms with E-state index in [9.17, 15) is 17.6 Å². The average molecular weight is 497 g/mol. The molecule has 1 aliphatic rings. The number of hydrogen-bond donors (Lipinski definition) is 0. The fourth-order valence-corrected chi connectivity index (χ4v) is 7.54. The van der Waals surface area contributed by atoms with E-state index < -0.39 is 16.1 Å². The van der Waals surface area contributed by atoms with Gasteiger partial charge in [0, 0.05) is 19.6 Å². The van der Waals surface area contributed by atoms with Crippen LogP contribution in [0.3, 0.4) is 0 Å². The summed E-state index contributed by atoms with van der Waals surface area (Å²) in [5, 5.41) is 2.17. The topological polar surface area (TPSA) is 73.8 Å². The fraction of sp³-hybridized carbons (Fsp3) is 0.429. The normalized spacial score (nSPS) is 17.8. The molecular weight excluding hydrogens is 471 g/mol. The molecule has 1 aliphatic heterocycles. The molecule has 0 aliphatic carbocycles. The molecule has 1 saturated heterocycles. The number of aromatic nitrogens is 1. The Morgan fingerprint density at radius 2 is 2.06 bits per heavy atom. The van der Waals surface area contributed by atoms with E-state index in [2.05, 4.69) is 4.98 Å². The Hall–Kier alpha value is -1.92. The van der Waals surface area contributed by atoms with Crippen molar-refractivity contribution in [1.29, 1.82) is 0 Å². The number of thiazole rings is 1. The SMILES string of the molecule is CN(C)CCN(C(=O)C1CCCCN1S(=O)(=O)c1cccs1)c1nc2ccc(F)cc2s1. The summed E-state index contributed by atoms with van der Waals surface area (Å²) in [6.07, 6.45) is 1.95. The fourth-order valence-electron chi connectivity index (χ4n) is 3.75. The number of halogens is 1. The van der Waals surface area contributed by atoms with E-state index in [1.165, 1.54) is 27.8 Å². The van der Waals surface area contributed by atoms with Crippen molar-refractivity contribution >= 4 is 54.0 Å². The van der Waals surface area contributed by atoms with E-state index in [4.69, 9.17) is 0 Å². The van der Waals surface area contributed by atoms with Gasteiger partial charge < -0.3 is 4.90 Å². The van der Waals surface area contributed by atoms with Crippen LogP contribution in [0.4, 0.5) is 9.52 Å². The molecule has 0 bridgehead atoms. The minimum Gasteiger partial charge on any atom is -0.308 e. The van der Waals surface area contributed by atoms with Gasteiger partial charge in [0.2, 0.25) is 5.91 Å². The molecule has 1 atom stereocenters. The molecule has 1 aromatic carbocycles. The van der Waals surface area contributed by atoms with Crippen molar-refractivity contribution in [3.8, 4) is 0 Å². The third-order valence-electron chi connectivity index (χ3n) is 5.40. The molecule has 32 heavy (non-hydrogen) atoms. The van der Waals surface area contributed by atoms with Crippen molar-refractivity contribution in [2.75, 3.05) is 38.6 Å². The van der Waals surface area contributed by atoms with Gasteiger partial charge in [0.15, 0.2) is 5.13 Å². The van der Waals surface area contributed by atoms with Crippen LogP contribution in [-0.4, -0.2) is 68.3 Å². The summed E-state index contributed by atoms with van der Waals surface area (Å²) < 4.78 is 42.5. The number of amides is 1. The molecule has 0 N–H and O–H groups in total. The van der Waals surface area contributed by atoms with Crippen LogP contribution in [0.25, 0.3) is 10.2 Å². The monoisotopic (exact) mass is 496 g/mol. The molecule has 0 spiro atoms. The summed E-state index contributed by atoms with van der Waals surface area (Å²) in [5.41, 5.74) is 0.612. The van der Waals surface area contributed by atoms with Crippen molar-refractivity contribution in [2.45, 2.75) is 29.5 Å². The van der Waals surface area contributed by atoms with Crippen LogP contribution >= 0.6 is 22.7 Å². The summed E-state index contributed by atoms with van der Waals surface area (Å²) >= 11 is 2.39. The molecule has 3 aromatic rings. The minimum absolute atomic E-state index is 0.243. The van der Waals surface area contributed by atoms with Crippen molar-refractivity contribution in [1.82, 2.24) is 14.2 Å². The predicted octanol–water partition coefficient (Wildman–Crippen LogP) is 3.63. The smallest absolute Gasteiger partial charge is 0.253 e. The van der Waals surface area contributed by atoms with Crippen LogP contribution in [-0.2, 0) is 14.8 Å². The lowest BCUT2D eigenvalue weighted by Crippen LogP contribution is -2.53. The summed E-state index contributed by atoms with van der Waals surface area (Å²) in [5.74, 6) is -0.648. The number of carbonyl (C=O) groups excluding carboxylic acids is 1.